The van der Waals surface area contributed by atoms with Gasteiger partial charge < -0.3 is 10.1 Å². The van der Waals surface area contributed by atoms with Crippen molar-refractivity contribution in [3.8, 4) is 0 Å². The van der Waals surface area contributed by atoms with Gasteiger partial charge in [-0.1, -0.05) is 50.8 Å². The Morgan fingerprint density at radius 3 is 2.06 bits per heavy atom. The normalized spacial score (nSPS) is 19.2. The predicted octanol–water partition coefficient (Wildman–Crippen LogP) is 4.87. The predicted molar refractivity (Wildman–Crippen MR) is 126 cm³/mol. The van der Waals surface area contributed by atoms with Gasteiger partial charge in [0.25, 0.3) is 0 Å². The number of esters is 2. The Hall–Kier alpha value is -2.21. The molecule has 2 rings (SSSR count). The van der Waals surface area contributed by atoms with Crippen LogP contribution in [-0.2, 0) is 14.3 Å². The lowest BCUT2D eigenvalue weighted by atomic mass is 9.69. The first kappa shape index (κ1) is 26.0. The monoisotopic (exact) mass is 444 g/mol. The number of nitrogens with zero attached hydrogens (tertiary/aromatic N) is 1. The number of carbonyl (C=O) groups is 3. The molecule has 178 valence electrons. The summed E-state index contributed by atoms with van der Waals surface area (Å²) in [6.07, 6.45) is 6.28. The van der Waals surface area contributed by atoms with Crippen LogP contribution < -0.4 is 5.32 Å². The molecule has 1 N–H and O–H groups in total. The second-order valence-corrected chi connectivity index (χ2v) is 10.4. The Balaban J connectivity index is 2.23. The SMILES string of the molecule is CCCCCCCC(=O)NC1(C(=O)OC(=O)c2ccccc2)CC(C)(C)N(C)C(C)(C)C1. The first-order valence-corrected chi connectivity index (χ1v) is 11.8. The highest BCUT2D eigenvalue weighted by Crippen LogP contribution is 2.43. The van der Waals surface area contributed by atoms with Gasteiger partial charge in [-0.3, -0.25) is 9.69 Å². The molecule has 0 bridgehead atoms. The fraction of sp³-hybridized carbons (Fsp3) is 0.654. The van der Waals surface area contributed by atoms with Crippen molar-refractivity contribution in [2.75, 3.05) is 7.05 Å². The molecule has 1 aromatic carbocycles. The molecule has 0 saturated carbocycles. The van der Waals surface area contributed by atoms with Crippen molar-refractivity contribution in [2.24, 2.45) is 0 Å². The summed E-state index contributed by atoms with van der Waals surface area (Å²) >= 11 is 0. The van der Waals surface area contributed by atoms with Gasteiger partial charge in [-0.05, 0) is 66.1 Å². The molecule has 0 spiro atoms. The third-order valence-corrected chi connectivity index (χ3v) is 6.76. The molecule has 0 radical (unpaired) electrons. The van der Waals surface area contributed by atoms with Crippen LogP contribution in [0.5, 0.6) is 0 Å². The van der Waals surface area contributed by atoms with Crippen LogP contribution in [0, 0.1) is 0 Å². The third kappa shape index (κ3) is 6.41. The van der Waals surface area contributed by atoms with Gasteiger partial charge in [-0.15, -0.1) is 0 Å². The van der Waals surface area contributed by atoms with E-state index in [1.54, 1.807) is 30.3 Å². The molecular weight excluding hydrogens is 404 g/mol. The minimum absolute atomic E-state index is 0.165. The number of benzene rings is 1. The van der Waals surface area contributed by atoms with E-state index in [9.17, 15) is 14.4 Å². The lowest BCUT2D eigenvalue weighted by Crippen LogP contribution is -2.71. The number of ether oxygens (including phenoxy) is 1. The van der Waals surface area contributed by atoms with Crippen molar-refractivity contribution in [3.63, 3.8) is 0 Å². The molecule has 6 nitrogen and oxygen atoms in total. The zero-order chi connectivity index (χ0) is 24.0. The average molecular weight is 445 g/mol. The van der Waals surface area contributed by atoms with Crippen LogP contribution in [0.25, 0.3) is 0 Å². The van der Waals surface area contributed by atoms with Crippen LogP contribution in [0.3, 0.4) is 0 Å². The largest absolute Gasteiger partial charge is 0.388 e. The molecule has 0 atom stereocenters. The van der Waals surface area contributed by atoms with Gasteiger partial charge in [0.15, 0.2) is 0 Å². The molecule has 1 saturated heterocycles. The van der Waals surface area contributed by atoms with Crippen LogP contribution >= 0.6 is 0 Å². The van der Waals surface area contributed by atoms with E-state index >= 15 is 0 Å². The topological polar surface area (TPSA) is 75.7 Å². The average Bonchev–Trinajstić information content (AvgIpc) is 2.72. The highest BCUT2D eigenvalue weighted by molar-refractivity contribution is 6.00. The molecule has 1 fully saturated rings. The quantitative estimate of drug-likeness (QED) is 0.334. The Bertz CT molecular complexity index is 783. The Kier molecular flexibility index (Phi) is 8.63. The molecule has 0 unspecified atom stereocenters. The molecule has 1 heterocycles. The van der Waals surface area contributed by atoms with Gasteiger partial charge in [-0.25, -0.2) is 9.59 Å². The zero-order valence-electron chi connectivity index (χ0n) is 20.6. The number of likely N-dealkylation sites (tertiary alicyclic amines) is 1. The second kappa shape index (κ2) is 10.6. The zero-order valence-corrected chi connectivity index (χ0v) is 20.6. The van der Waals surface area contributed by atoms with Crippen LogP contribution in [-0.4, -0.2) is 46.4 Å². The second-order valence-electron chi connectivity index (χ2n) is 10.4. The Morgan fingerprint density at radius 2 is 1.50 bits per heavy atom. The molecule has 1 aromatic rings. The van der Waals surface area contributed by atoms with Crippen LogP contribution in [0.1, 0.15) is 96.3 Å². The molecule has 32 heavy (non-hydrogen) atoms. The maximum Gasteiger partial charge on any atom is 0.345 e. The van der Waals surface area contributed by atoms with Crippen molar-refractivity contribution in [3.05, 3.63) is 35.9 Å². The number of piperidine rings is 1. The van der Waals surface area contributed by atoms with Gasteiger partial charge in [0, 0.05) is 17.5 Å². The number of hydrogen-bond acceptors (Lipinski definition) is 5. The lowest BCUT2D eigenvalue weighted by Gasteiger charge is -2.57. The number of amides is 1. The van der Waals surface area contributed by atoms with E-state index in [4.69, 9.17) is 4.74 Å². The molecule has 1 aliphatic heterocycles. The van der Waals surface area contributed by atoms with Crippen LogP contribution in [0.15, 0.2) is 30.3 Å². The first-order valence-electron chi connectivity index (χ1n) is 11.8. The van der Waals surface area contributed by atoms with E-state index in [0.29, 0.717) is 24.8 Å². The summed E-state index contributed by atoms with van der Waals surface area (Å²) in [6.45, 7) is 10.3. The smallest absolute Gasteiger partial charge is 0.345 e. The summed E-state index contributed by atoms with van der Waals surface area (Å²) in [4.78, 5) is 41.2. The number of carbonyl (C=O) groups excluding carboxylic acids is 3. The fourth-order valence-electron chi connectivity index (χ4n) is 4.91. The highest BCUT2D eigenvalue weighted by Gasteiger charge is 2.56. The summed E-state index contributed by atoms with van der Waals surface area (Å²) in [5, 5.41) is 3.02. The van der Waals surface area contributed by atoms with Crippen molar-refractivity contribution in [2.45, 2.75) is 103 Å². The van der Waals surface area contributed by atoms with E-state index in [-0.39, 0.29) is 17.0 Å². The molecular formula is C26H40N2O4. The number of hydrogen-bond donors (Lipinski definition) is 1. The van der Waals surface area contributed by atoms with E-state index in [2.05, 4.69) is 17.1 Å². The minimum Gasteiger partial charge on any atom is -0.388 e. The summed E-state index contributed by atoms with van der Waals surface area (Å²) in [5.74, 6) is -1.54. The van der Waals surface area contributed by atoms with Crippen molar-refractivity contribution < 1.29 is 19.1 Å². The van der Waals surface area contributed by atoms with Crippen molar-refractivity contribution in [1.29, 1.82) is 0 Å². The number of rotatable bonds is 9. The highest BCUT2D eigenvalue weighted by atomic mass is 16.6. The maximum atomic E-state index is 13.5. The fourth-order valence-corrected chi connectivity index (χ4v) is 4.91. The van der Waals surface area contributed by atoms with Crippen molar-refractivity contribution in [1.82, 2.24) is 10.2 Å². The number of nitrogens with one attached hydrogen (secondary N) is 1. The van der Waals surface area contributed by atoms with Gasteiger partial charge in [0.2, 0.25) is 5.91 Å². The molecule has 6 heteroatoms. The van der Waals surface area contributed by atoms with Gasteiger partial charge in [-0.2, -0.15) is 0 Å². The Labute approximate surface area is 193 Å². The maximum absolute atomic E-state index is 13.5. The van der Waals surface area contributed by atoms with Gasteiger partial charge in [0.05, 0.1) is 5.56 Å². The summed E-state index contributed by atoms with van der Waals surface area (Å²) in [7, 11) is 2.03. The standard InChI is InChI=1S/C26H40N2O4/c1-7-8-9-10-14-17-21(29)27-26(18-24(2,3)28(6)25(4,5)19-26)23(31)32-22(30)20-15-12-11-13-16-20/h11-13,15-16H,7-10,14,17-19H2,1-6H3,(H,27,29). The molecule has 0 aliphatic carbocycles. The van der Waals surface area contributed by atoms with Crippen molar-refractivity contribution >= 4 is 17.8 Å². The van der Waals surface area contributed by atoms with E-state index < -0.39 is 17.5 Å². The molecule has 1 amide bonds. The van der Waals surface area contributed by atoms with Crippen LogP contribution in [0.4, 0.5) is 0 Å². The first-order chi connectivity index (χ1) is 14.9. The van der Waals surface area contributed by atoms with Gasteiger partial charge in [0.1, 0.15) is 5.54 Å². The third-order valence-electron chi connectivity index (χ3n) is 6.76. The minimum atomic E-state index is -1.26. The van der Waals surface area contributed by atoms with Crippen LogP contribution in [0.2, 0.25) is 0 Å². The lowest BCUT2D eigenvalue weighted by molar-refractivity contribution is -0.158. The van der Waals surface area contributed by atoms with E-state index in [1.807, 2.05) is 34.7 Å². The van der Waals surface area contributed by atoms with E-state index in [0.717, 1.165) is 32.1 Å². The number of unbranched alkanes of at least 4 members (excludes halogenated alkanes) is 4. The molecule has 1 aliphatic rings. The Morgan fingerprint density at radius 1 is 0.938 bits per heavy atom. The summed E-state index contributed by atoms with van der Waals surface area (Å²) < 4.78 is 5.35. The summed E-state index contributed by atoms with van der Waals surface area (Å²) in [6, 6.07) is 8.46. The van der Waals surface area contributed by atoms with E-state index in [1.165, 1.54) is 0 Å². The van der Waals surface area contributed by atoms with Gasteiger partial charge >= 0.3 is 11.9 Å². The molecule has 0 aromatic heterocycles. The summed E-state index contributed by atoms with van der Waals surface area (Å²) in [5.41, 5.74) is -1.72.